The standard InChI is InChI=1S/C9H16ClNO2/c1-9(2,3)8(13)11-6-4-5-7(10)12/h4-6H2,1-3H3,(H,11,13). The van der Waals surface area contributed by atoms with Crippen LogP contribution in [-0.4, -0.2) is 17.7 Å². The molecule has 1 N–H and O–H groups in total. The normalized spacial score (nSPS) is 11.1. The average Bonchev–Trinajstić information content (AvgIpc) is 1.95. The summed E-state index contributed by atoms with van der Waals surface area (Å²) >= 11 is 5.13. The number of halogens is 1. The van der Waals surface area contributed by atoms with Crippen molar-refractivity contribution in [2.75, 3.05) is 6.54 Å². The third kappa shape index (κ3) is 6.58. The van der Waals surface area contributed by atoms with Crippen molar-refractivity contribution < 1.29 is 9.59 Å². The Hall–Kier alpha value is -0.570. The lowest BCUT2D eigenvalue weighted by Gasteiger charge is -2.17. The molecule has 0 rings (SSSR count). The van der Waals surface area contributed by atoms with E-state index in [0.717, 1.165) is 0 Å². The molecule has 0 aromatic heterocycles. The van der Waals surface area contributed by atoms with Crippen LogP contribution in [0.1, 0.15) is 33.6 Å². The molecule has 0 fully saturated rings. The number of carbonyl (C=O) groups excluding carboxylic acids is 2. The first-order valence-electron chi connectivity index (χ1n) is 4.30. The molecule has 0 spiro atoms. The molecule has 0 saturated heterocycles. The summed E-state index contributed by atoms with van der Waals surface area (Å²) in [6.07, 6.45) is 0.913. The van der Waals surface area contributed by atoms with Gasteiger partial charge in [0.2, 0.25) is 11.1 Å². The minimum atomic E-state index is -0.370. The maximum Gasteiger partial charge on any atom is 0.225 e. The van der Waals surface area contributed by atoms with E-state index in [1.165, 1.54) is 0 Å². The van der Waals surface area contributed by atoms with Gasteiger partial charge in [-0.3, -0.25) is 9.59 Å². The Morgan fingerprint density at radius 1 is 1.31 bits per heavy atom. The number of hydrogen-bond donors (Lipinski definition) is 1. The molecule has 0 aromatic carbocycles. The minimum absolute atomic E-state index is 0.00507. The first-order valence-corrected chi connectivity index (χ1v) is 4.68. The van der Waals surface area contributed by atoms with Gasteiger partial charge in [-0.15, -0.1) is 0 Å². The third-order valence-corrected chi connectivity index (χ3v) is 1.71. The summed E-state index contributed by atoms with van der Waals surface area (Å²) < 4.78 is 0. The van der Waals surface area contributed by atoms with Gasteiger partial charge in [0.15, 0.2) is 0 Å². The zero-order valence-corrected chi connectivity index (χ0v) is 9.07. The lowest BCUT2D eigenvalue weighted by Crippen LogP contribution is -2.35. The number of nitrogens with one attached hydrogen (secondary N) is 1. The Morgan fingerprint density at radius 2 is 1.85 bits per heavy atom. The van der Waals surface area contributed by atoms with Crippen LogP contribution in [0.2, 0.25) is 0 Å². The number of amides is 1. The lowest BCUT2D eigenvalue weighted by molar-refractivity contribution is -0.128. The van der Waals surface area contributed by atoms with E-state index in [2.05, 4.69) is 5.32 Å². The Labute approximate surface area is 83.8 Å². The zero-order chi connectivity index (χ0) is 10.5. The fraction of sp³-hybridized carbons (Fsp3) is 0.778. The van der Waals surface area contributed by atoms with Gasteiger partial charge in [0.05, 0.1) is 0 Å². The van der Waals surface area contributed by atoms with Crippen LogP contribution in [0.15, 0.2) is 0 Å². The highest BCUT2D eigenvalue weighted by atomic mass is 35.5. The largest absolute Gasteiger partial charge is 0.356 e. The summed E-state index contributed by atoms with van der Waals surface area (Å²) in [5.74, 6) is -0.00507. The van der Waals surface area contributed by atoms with Gasteiger partial charge in [-0.05, 0) is 18.0 Å². The smallest absolute Gasteiger partial charge is 0.225 e. The summed E-state index contributed by atoms with van der Waals surface area (Å²) in [5, 5.41) is 2.37. The van der Waals surface area contributed by atoms with Crippen molar-refractivity contribution >= 4 is 22.8 Å². The van der Waals surface area contributed by atoms with Crippen LogP contribution in [0, 0.1) is 5.41 Å². The molecule has 0 aliphatic carbocycles. The van der Waals surface area contributed by atoms with Crippen LogP contribution in [0.25, 0.3) is 0 Å². The van der Waals surface area contributed by atoms with E-state index in [1.54, 1.807) is 0 Å². The Morgan fingerprint density at radius 3 is 2.23 bits per heavy atom. The quantitative estimate of drug-likeness (QED) is 0.561. The Balaban J connectivity index is 3.55. The Kier molecular flexibility index (Phi) is 4.99. The van der Waals surface area contributed by atoms with Gasteiger partial charge in [0.25, 0.3) is 0 Å². The first-order chi connectivity index (χ1) is 5.84. The van der Waals surface area contributed by atoms with E-state index >= 15 is 0 Å². The van der Waals surface area contributed by atoms with Crippen LogP contribution in [0.3, 0.4) is 0 Å². The van der Waals surface area contributed by atoms with E-state index in [0.29, 0.717) is 19.4 Å². The maximum atomic E-state index is 11.3. The molecule has 1 amide bonds. The van der Waals surface area contributed by atoms with E-state index in [9.17, 15) is 9.59 Å². The maximum absolute atomic E-state index is 11.3. The van der Waals surface area contributed by atoms with Crippen LogP contribution < -0.4 is 5.32 Å². The Bertz CT molecular complexity index is 196. The summed E-state index contributed by atoms with van der Waals surface area (Å²) in [4.78, 5) is 21.6. The number of hydrogen-bond acceptors (Lipinski definition) is 2. The summed E-state index contributed by atoms with van der Waals surface area (Å²) in [6, 6.07) is 0. The fourth-order valence-corrected chi connectivity index (χ4v) is 0.828. The third-order valence-electron chi connectivity index (χ3n) is 1.52. The van der Waals surface area contributed by atoms with Crippen molar-refractivity contribution in [2.45, 2.75) is 33.6 Å². The molecule has 13 heavy (non-hydrogen) atoms. The number of rotatable bonds is 4. The van der Waals surface area contributed by atoms with Crippen LogP contribution in [-0.2, 0) is 9.59 Å². The summed E-state index contributed by atoms with van der Waals surface area (Å²) in [5.41, 5.74) is -0.370. The topological polar surface area (TPSA) is 46.2 Å². The van der Waals surface area contributed by atoms with Crippen molar-refractivity contribution in [1.29, 1.82) is 0 Å². The van der Waals surface area contributed by atoms with E-state index in [4.69, 9.17) is 11.6 Å². The van der Waals surface area contributed by atoms with E-state index in [1.807, 2.05) is 20.8 Å². The van der Waals surface area contributed by atoms with Crippen LogP contribution in [0.5, 0.6) is 0 Å². The molecule has 3 nitrogen and oxygen atoms in total. The van der Waals surface area contributed by atoms with Gasteiger partial charge in [0.1, 0.15) is 0 Å². The van der Waals surface area contributed by atoms with Gasteiger partial charge in [-0.25, -0.2) is 0 Å². The lowest BCUT2D eigenvalue weighted by atomic mass is 9.96. The first kappa shape index (κ1) is 12.4. The monoisotopic (exact) mass is 205 g/mol. The molecular weight excluding hydrogens is 190 g/mol. The predicted octanol–water partition coefficient (Wildman–Crippen LogP) is 1.69. The summed E-state index contributed by atoms with van der Waals surface area (Å²) in [6.45, 7) is 6.04. The van der Waals surface area contributed by atoms with Gasteiger partial charge in [0, 0.05) is 18.4 Å². The highest BCUT2D eigenvalue weighted by Gasteiger charge is 2.20. The molecule has 0 bridgehead atoms. The molecule has 0 radical (unpaired) electrons. The summed E-state index contributed by atoms with van der Waals surface area (Å²) in [7, 11) is 0. The van der Waals surface area contributed by atoms with Gasteiger partial charge in [-0.1, -0.05) is 20.8 Å². The van der Waals surface area contributed by atoms with Crippen molar-refractivity contribution in [3.8, 4) is 0 Å². The second kappa shape index (κ2) is 5.22. The molecule has 76 valence electrons. The molecule has 0 aliphatic rings. The molecule has 0 atom stereocenters. The highest BCUT2D eigenvalue weighted by Crippen LogP contribution is 2.12. The highest BCUT2D eigenvalue weighted by molar-refractivity contribution is 6.63. The molecule has 4 heteroatoms. The SMILES string of the molecule is CC(C)(C)C(=O)NCCCC(=O)Cl. The van der Waals surface area contributed by atoms with Crippen LogP contribution in [0.4, 0.5) is 0 Å². The van der Waals surface area contributed by atoms with Crippen molar-refractivity contribution in [3.05, 3.63) is 0 Å². The second-order valence-electron chi connectivity index (χ2n) is 3.96. The van der Waals surface area contributed by atoms with Gasteiger partial charge >= 0.3 is 0 Å². The molecular formula is C9H16ClNO2. The van der Waals surface area contributed by atoms with Crippen LogP contribution >= 0.6 is 11.6 Å². The van der Waals surface area contributed by atoms with Crippen molar-refractivity contribution in [2.24, 2.45) is 5.41 Å². The van der Waals surface area contributed by atoms with E-state index < -0.39 is 0 Å². The molecule has 0 saturated carbocycles. The van der Waals surface area contributed by atoms with Gasteiger partial charge < -0.3 is 5.32 Å². The van der Waals surface area contributed by atoms with Crippen molar-refractivity contribution in [3.63, 3.8) is 0 Å². The predicted molar refractivity (Wildman–Crippen MR) is 52.6 cm³/mol. The second-order valence-corrected chi connectivity index (χ2v) is 4.39. The molecule has 0 aliphatic heterocycles. The van der Waals surface area contributed by atoms with Gasteiger partial charge in [-0.2, -0.15) is 0 Å². The molecule has 0 unspecified atom stereocenters. The minimum Gasteiger partial charge on any atom is -0.356 e. The average molecular weight is 206 g/mol. The fourth-order valence-electron chi connectivity index (χ4n) is 0.694. The van der Waals surface area contributed by atoms with Crippen molar-refractivity contribution in [1.82, 2.24) is 5.32 Å². The molecule has 0 heterocycles. The number of carbonyl (C=O) groups is 2. The molecule has 0 aromatic rings. The van der Waals surface area contributed by atoms with E-state index in [-0.39, 0.29) is 16.6 Å². The zero-order valence-electron chi connectivity index (χ0n) is 8.32.